The second-order valence-corrected chi connectivity index (χ2v) is 5.55. The Labute approximate surface area is 143 Å². The lowest BCUT2D eigenvalue weighted by atomic mass is 10.1. The lowest BCUT2D eigenvalue weighted by Gasteiger charge is -2.07. The summed E-state index contributed by atoms with van der Waals surface area (Å²) in [7, 11) is 0. The van der Waals surface area contributed by atoms with Crippen LogP contribution < -0.4 is 4.74 Å². The number of fused-ring (bicyclic) bond motifs is 1. The molecule has 4 rings (SSSR count). The number of benzene rings is 2. The van der Waals surface area contributed by atoms with Gasteiger partial charge in [0.15, 0.2) is 5.69 Å². The summed E-state index contributed by atoms with van der Waals surface area (Å²) >= 11 is 0. The quantitative estimate of drug-likeness (QED) is 0.599. The van der Waals surface area contributed by atoms with E-state index < -0.39 is 5.97 Å². The predicted octanol–water partition coefficient (Wildman–Crippen LogP) is 4.49. The minimum absolute atomic E-state index is 0.0313. The molecule has 0 radical (unpaired) electrons. The van der Waals surface area contributed by atoms with Crippen LogP contribution >= 0.6 is 0 Å². The van der Waals surface area contributed by atoms with Crippen molar-refractivity contribution in [3.63, 3.8) is 0 Å². The first kappa shape index (κ1) is 15.0. The van der Waals surface area contributed by atoms with Crippen LogP contribution in [0.2, 0.25) is 0 Å². The molecule has 0 spiro atoms. The first-order valence-corrected chi connectivity index (χ1v) is 7.74. The van der Waals surface area contributed by atoms with Gasteiger partial charge in [0.2, 0.25) is 0 Å². The van der Waals surface area contributed by atoms with Gasteiger partial charge in [0.05, 0.1) is 0 Å². The van der Waals surface area contributed by atoms with Crippen molar-refractivity contribution in [2.24, 2.45) is 0 Å². The van der Waals surface area contributed by atoms with Crippen molar-refractivity contribution in [2.75, 3.05) is 0 Å². The molecule has 5 nitrogen and oxygen atoms in total. The van der Waals surface area contributed by atoms with Crippen molar-refractivity contribution in [1.82, 2.24) is 9.38 Å². The minimum atomic E-state index is -1.03. The van der Waals surface area contributed by atoms with Crippen LogP contribution in [-0.4, -0.2) is 20.5 Å². The van der Waals surface area contributed by atoms with Crippen molar-refractivity contribution in [1.29, 1.82) is 0 Å². The normalized spacial score (nSPS) is 10.7. The number of pyridine rings is 1. The van der Waals surface area contributed by atoms with Crippen LogP contribution in [0.15, 0.2) is 79.1 Å². The van der Waals surface area contributed by atoms with E-state index in [4.69, 9.17) is 9.84 Å². The number of para-hydroxylation sites is 1. The number of imidazole rings is 1. The second kappa shape index (κ2) is 6.13. The monoisotopic (exact) mass is 330 g/mol. The van der Waals surface area contributed by atoms with E-state index in [0.717, 1.165) is 22.6 Å². The van der Waals surface area contributed by atoms with E-state index in [-0.39, 0.29) is 5.69 Å². The maximum absolute atomic E-state index is 11.0. The number of carboxylic acid groups (broad SMARTS) is 1. The van der Waals surface area contributed by atoms with Crippen LogP contribution in [0.25, 0.3) is 16.8 Å². The molecule has 2 aromatic heterocycles. The number of nitrogens with zero attached hydrogens (tertiary/aromatic N) is 2. The summed E-state index contributed by atoms with van der Waals surface area (Å²) in [5.74, 6) is 0.510. The largest absolute Gasteiger partial charge is 0.476 e. The highest BCUT2D eigenvalue weighted by Gasteiger charge is 2.09. The van der Waals surface area contributed by atoms with Gasteiger partial charge in [-0.15, -0.1) is 0 Å². The number of hydrogen-bond donors (Lipinski definition) is 1. The molecule has 0 saturated heterocycles. The third-order valence-corrected chi connectivity index (χ3v) is 3.84. The summed E-state index contributed by atoms with van der Waals surface area (Å²) in [5.41, 5.74) is 2.61. The number of hydrogen-bond acceptors (Lipinski definition) is 3. The lowest BCUT2D eigenvalue weighted by molar-refractivity contribution is 0.0691. The molecule has 0 amide bonds. The highest BCUT2D eigenvalue weighted by molar-refractivity contribution is 5.86. The van der Waals surface area contributed by atoms with E-state index >= 15 is 0 Å². The van der Waals surface area contributed by atoms with Gasteiger partial charge in [-0.05, 0) is 47.5 Å². The van der Waals surface area contributed by atoms with Crippen molar-refractivity contribution >= 4 is 11.6 Å². The molecule has 25 heavy (non-hydrogen) atoms. The molecule has 0 bridgehead atoms. The van der Waals surface area contributed by atoms with Crippen molar-refractivity contribution in [2.45, 2.75) is 0 Å². The van der Waals surface area contributed by atoms with Crippen LogP contribution in [0, 0.1) is 0 Å². The van der Waals surface area contributed by atoms with Gasteiger partial charge in [-0.1, -0.05) is 30.3 Å². The zero-order valence-electron chi connectivity index (χ0n) is 13.2. The molecule has 0 aliphatic rings. The standard InChI is InChI=1S/C20H14N2O3/c23-20(24)18-13-22-12-15(8-11-19(22)21-18)14-6-9-17(10-7-14)25-16-4-2-1-3-5-16/h1-13H,(H,23,24). The maximum Gasteiger partial charge on any atom is 0.356 e. The number of carboxylic acids is 1. The fraction of sp³-hybridized carbons (Fsp3) is 0. The zero-order valence-corrected chi connectivity index (χ0v) is 13.2. The van der Waals surface area contributed by atoms with Crippen molar-refractivity contribution in [3.05, 3.63) is 84.8 Å². The van der Waals surface area contributed by atoms with E-state index in [1.165, 1.54) is 6.20 Å². The lowest BCUT2D eigenvalue weighted by Crippen LogP contribution is -1.94. The van der Waals surface area contributed by atoms with Gasteiger partial charge in [0.25, 0.3) is 0 Å². The molecule has 0 atom stereocenters. The first-order valence-electron chi connectivity index (χ1n) is 7.74. The Balaban J connectivity index is 1.61. The van der Waals surface area contributed by atoms with E-state index in [0.29, 0.717) is 5.65 Å². The van der Waals surface area contributed by atoms with Gasteiger partial charge in [0.1, 0.15) is 17.1 Å². The van der Waals surface area contributed by atoms with Crippen LogP contribution in [0.5, 0.6) is 11.5 Å². The number of ether oxygens (including phenoxy) is 1. The molecule has 0 saturated carbocycles. The van der Waals surface area contributed by atoms with Gasteiger partial charge in [-0.3, -0.25) is 0 Å². The Morgan fingerprint density at radius 3 is 2.24 bits per heavy atom. The first-order chi connectivity index (χ1) is 12.2. The molecule has 0 unspecified atom stereocenters. The Morgan fingerprint density at radius 2 is 1.52 bits per heavy atom. The van der Waals surface area contributed by atoms with Gasteiger partial charge >= 0.3 is 5.97 Å². The molecular formula is C20H14N2O3. The summed E-state index contributed by atoms with van der Waals surface area (Å²) in [6, 6.07) is 21.1. The molecule has 2 heterocycles. The Morgan fingerprint density at radius 1 is 0.840 bits per heavy atom. The highest BCUT2D eigenvalue weighted by atomic mass is 16.5. The highest BCUT2D eigenvalue weighted by Crippen LogP contribution is 2.26. The average molecular weight is 330 g/mol. The molecule has 0 aliphatic carbocycles. The smallest absolute Gasteiger partial charge is 0.356 e. The fourth-order valence-corrected chi connectivity index (χ4v) is 2.61. The van der Waals surface area contributed by atoms with E-state index in [9.17, 15) is 4.79 Å². The topological polar surface area (TPSA) is 63.8 Å². The zero-order chi connectivity index (χ0) is 17.2. The Kier molecular flexibility index (Phi) is 3.67. The van der Waals surface area contributed by atoms with Crippen molar-refractivity contribution in [3.8, 4) is 22.6 Å². The SMILES string of the molecule is O=C(O)c1cn2cc(-c3ccc(Oc4ccccc4)cc3)ccc2n1. The summed E-state index contributed by atoms with van der Waals surface area (Å²) in [6.07, 6.45) is 3.37. The maximum atomic E-state index is 11.0. The Bertz CT molecular complexity index is 1040. The van der Waals surface area contributed by atoms with E-state index in [2.05, 4.69) is 4.98 Å². The van der Waals surface area contributed by atoms with E-state index in [1.54, 1.807) is 10.5 Å². The summed E-state index contributed by atoms with van der Waals surface area (Å²) in [4.78, 5) is 15.1. The van der Waals surface area contributed by atoms with Gasteiger partial charge in [0, 0.05) is 12.4 Å². The number of aromatic carboxylic acids is 1. The third-order valence-electron chi connectivity index (χ3n) is 3.84. The van der Waals surface area contributed by atoms with Gasteiger partial charge in [-0.25, -0.2) is 9.78 Å². The number of rotatable bonds is 4. The summed E-state index contributed by atoms with van der Waals surface area (Å²) in [5, 5.41) is 9.03. The second-order valence-electron chi connectivity index (χ2n) is 5.55. The molecule has 1 N–H and O–H groups in total. The summed E-state index contributed by atoms with van der Waals surface area (Å²) in [6.45, 7) is 0. The molecular weight excluding hydrogens is 316 g/mol. The predicted molar refractivity (Wildman–Crippen MR) is 94.1 cm³/mol. The molecule has 4 aromatic rings. The molecule has 122 valence electrons. The van der Waals surface area contributed by atoms with Gasteiger partial charge in [-0.2, -0.15) is 0 Å². The molecule has 0 aliphatic heterocycles. The Hall–Kier alpha value is -3.60. The van der Waals surface area contributed by atoms with E-state index in [1.807, 2.05) is 66.9 Å². The van der Waals surface area contributed by atoms with Crippen LogP contribution in [0.4, 0.5) is 0 Å². The minimum Gasteiger partial charge on any atom is -0.476 e. The fourth-order valence-electron chi connectivity index (χ4n) is 2.61. The third kappa shape index (κ3) is 3.07. The van der Waals surface area contributed by atoms with Crippen LogP contribution in [0.1, 0.15) is 10.5 Å². The van der Waals surface area contributed by atoms with Crippen LogP contribution in [0.3, 0.4) is 0 Å². The molecule has 2 aromatic carbocycles. The average Bonchev–Trinajstić information content (AvgIpc) is 3.07. The van der Waals surface area contributed by atoms with Gasteiger partial charge < -0.3 is 14.2 Å². The number of carbonyl (C=O) groups is 1. The number of aromatic nitrogens is 2. The molecule has 0 fully saturated rings. The summed E-state index contributed by atoms with van der Waals surface area (Å²) < 4.78 is 7.50. The van der Waals surface area contributed by atoms with Crippen molar-refractivity contribution < 1.29 is 14.6 Å². The molecule has 5 heteroatoms. The van der Waals surface area contributed by atoms with Crippen LogP contribution in [-0.2, 0) is 0 Å².